The van der Waals surface area contributed by atoms with Crippen molar-refractivity contribution in [2.24, 2.45) is 0 Å². The molecule has 1 amide bonds. The number of rotatable bonds is 5. The number of halogens is 1. The van der Waals surface area contributed by atoms with Crippen LogP contribution in [-0.2, 0) is 4.79 Å². The molecule has 0 aliphatic carbocycles. The van der Waals surface area contributed by atoms with Gasteiger partial charge < -0.3 is 14.7 Å². The zero-order valence-electron chi connectivity index (χ0n) is 17.0. The van der Waals surface area contributed by atoms with Gasteiger partial charge in [-0.3, -0.25) is 4.79 Å². The molecule has 0 saturated carbocycles. The van der Waals surface area contributed by atoms with Gasteiger partial charge in [-0.15, -0.1) is 0 Å². The second-order valence-electron chi connectivity index (χ2n) is 7.49. The number of likely N-dealkylation sites (tertiary alicyclic amines) is 1. The Hall–Kier alpha value is -3.31. The van der Waals surface area contributed by atoms with Crippen molar-refractivity contribution in [3.05, 3.63) is 88.9 Å². The van der Waals surface area contributed by atoms with Crippen LogP contribution in [0.4, 0.5) is 0 Å². The maximum Gasteiger partial charge on any atom is 0.326 e. The molecule has 158 valence electrons. The molecule has 3 aromatic rings. The molecule has 2 atom stereocenters. The number of carbonyl (C=O) groups excluding carboxylic acids is 1. The molecule has 0 aromatic heterocycles. The number of aliphatic carboxylic acids is 1. The molecule has 0 radical (unpaired) electrons. The molecular formula is C25H22ClNO4. The first-order chi connectivity index (χ1) is 15.0. The Balaban J connectivity index is 1.71. The summed E-state index contributed by atoms with van der Waals surface area (Å²) in [5, 5.41) is 10.3. The number of benzene rings is 3. The predicted molar refractivity (Wildman–Crippen MR) is 119 cm³/mol. The monoisotopic (exact) mass is 435 g/mol. The molecule has 4 rings (SSSR count). The molecule has 1 aliphatic rings. The summed E-state index contributed by atoms with van der Waals surface area (Å²) in [5.41, 5.74) is 3.10. The Morgan fingerprint density at radius 1 is 1.00 bits per heavy atom. The summed E-state index contributed by atoms with van der Waals surface area (Å²) in [6, 6.07) is 21.0. The van der Waals surface area contributed by atoms with Gasteiger partial charge >= 0.3 is 5.97 Å². The summed E-state index contributed by atoms with van der Waals surface area (Å²) in [5.74, 6) is -0.772. The molecule has 0 bridgehead atoms. The maximum atomic E-state index is 13.5. The van der Waals surface area contributed by atoms with Crippen molar-refractivity contribution in [2.75, 3.05) is 7.11 Å². The highest BCUT2D eigenvalue weighted by Gasteiger charge is 2.42. The quantitative estimate of drug-likeness (QED) is 0.579. The standard InChI is InChI=1S/C25H22ClNO4/c1-31-23-15-18(9-12-20(23)16-5-3-2-4-6-16)24(28)27-21(13-14-22(27)25(29)30)17-7-10-19(26)11-8-17/h2-12,15,21-22H,13-14H2,1H3,(H,29,30)/t21-,22+/m1/s1. The normalized spacial score (nSPS) is 18.1. The second-order valence-corrected chi connectivity index (χ2v) is 7.93. The highest BCUT2D eigenvalue weighted by molar-refractivity contribution is 6.30. The SMILES string of the molecule is COc1cc(C(=O)N2[C@@H](c3ccc(Cl)cc3)CC[C@H]2C(=O)O)ccc1-c1ccccc1. The fraction of sp³-hybridized carbons (Fsp3) is 0.200. The second kappa shape index (κ2) is 8.82. The van der Waals surface area contributed by atoms with Crippen LogP contribution < -0.4 is 4.74 Å². The van der Waals surface area contributed by atoms with E-state index in [0.29, 0.717) is 29.2 Å². The summed E-state index contributed by atoms with van der Waals surface area (Å²) >= 11 is 6.00. The number of methoxy groups -OCH3 is 1. The highest BCUT2D eigenvalue weighted by Crippen LogP contribution is 2.39. The largest absolute Gasteiger partial charge is 0.496 e. The lowest BCUT2D eigenvalue weighted by Gasteiger charge is -2.29. The van der Waals surface area contributed by atoms with E-state index in [9.17, 15) is 14.7 Å². The van der Waals surface area contributed by atoms with Crippen molar-refractivity contribution >= 4 is 23.5 Å². The Kier molecular flexibility index (Phi) is 5.96. The van der Waals surface area contributed by atoms with Gasteiger partial charge in [-0.1, -0.05) is 54.1 Å². The topological polar surface area (TPSA) is 66.8 Å². The van der Waals surface area contributed by atoms with Crippen LogP contribution in [-0.4, -0.2) is 35.0 Å². The molecule has 0 unspecified atom stereocenters. The van der Waals surface area contributed by atoms with Gasteiger partial charge in [-0.05, 0) is 54.3 Å². The molecular weight excluding hydrogens is 414 g/mol. The summed E-state index contributed by atoms with van der Waals surface area (Å²) in [7, 11) is 1.56. The van der Waals surface area contributed by atoms with E-state index in [2.05, 4.69) is 0 Å². The smallest absolute Gasteiger partial charge is 0.326 e. The van der Waals surface area contributed by atoms with Crippen LogP contribution in [0.25, 0.3) is 11.1 Å². The number of amides is 1. The third-order valence-corrected chi connectivity index (χ3v) is 5.94. The Bertz CT molecular complexity index is 1100. The third-order valence-electron chi connectivity index (χ3n) is 5.69. The lowest BCUT2D eigenvalue weighted by molar-refractivity contribution is -0.141. The van der Waals surface area contributed by atoms with Crippen molar-refractivity contribution in [1.82, 2.24) is 4.90 Å². The van der Waals surface area contributed by atoms with Gasteiger partial charge in [0.05, 0.1) is 13.2 Å². The van der Waals surface area contributed by atoms with E-state index in [1.54, 1.807) is 31.4 Å². The van der Waals surface area contributed by atoms with Gasteiger partial charge in [-0.25, -0.2) is 4.79 Å². The minimum absolute atomic E-state index is 0.328. The first-order valence-corrected chi connectivity index (χ1v) is 10.4. The third kappa shape index (κ3) is 4.14. The number of hydrogen-bond donors (Lipinski definition) is 1. The molecule has 1 aliphatic heterocycles. The molecule has 0 spiro atoms. The average Bonchev–Trinajstić information content (AvgIpc) is 3.24. The van der Waals surface area contributed by atoms with Gasteiger partial charge in [0.25, 0.3) is 5.91 Å². The van der Waals surface area contributed by atoms with Crippen molar-refractivity contribution in [3.8, 4) is 16.9 Å². The van der Waals surface area contributed by atoms with Crippen LogP contribution in [0.1, 0.15) is 34.8 Å². The Morgan fingerprint density at radius 3 is 2.35 bits per heavy atom. The van der Waals surface area contributed by atoms with E-state index < -0.39 is 12.0 Å². The minimum atomic E-state index is -1.00. The first kappa shape index (κ1) is 20.9. The van der Waals surface area contributed by atoms with Crippen LogP contribution >= 0.6 is 11.6 Å². The predicted octanol–water partition coefficient (Wildman–Crippen LogP) is 5.45. The van der Waals surface area contributed by atoms with Gasteiger partial charge in [-0.2, -0.15) is 0 Å². The maximum absolute atomic E-state index is 13.5. The molecule has 1 N–H and O–H groups in total. The van der Waals surface area contributed by atoms with Crippen LogP contribution in [0.3, 0.4) is 0 Å². The first-order valence-electron chi connectivity index (χ1n) is 10.0. The Morgan fingerprint density at radius 2 is 1.71 bits per heavy atom. The molecule has 3 aromatic carbocycles. The molecule has 1 heterocycles. The van der Waals surface area contributed by atoms with Crippen LogP contribution in [0.2, 0.25) is 5.02 Å². The van der Waals surface area contributed by atoms with Crippen molar-refractivity contribution < 1.29 is 19.4 Å². The van der Waals surface area contributed by atoms with E-state index >= 15 is 0 Å². The lowest BCUT2D eigenvalue weighted by atomic mass is 10.0. The fourth-order valence-electron chi connectivity index (χ4n) is 4.18. The van der Waals surface area contributed by atoms with E-state index in [4.69, 9.17) is 16.3 Å². The van der Waals surface area contributed by atoms with Crippen LogP contribution in [0.5, 0.6) is 5.75 Å². The van der Waals surface area contributed by atoms with Crippen molar-refractivity contribution in [1.29, 1.82) is 0 Å². The van der Waals surface area contributed by atoms with Crippen LogP contribution in [0, 0.1) is 0 Å². The molecule has 1 saturated heterocycles. The molecule has 5 nitrogen and oxygen atoms in total. The van der Waals surface area contributed by atoms with Gasteiger partial charge in [0.2, 0.25) is 0 Å². The number of carboxylic acids is 1. The van der Waals surface area contributed by atoms with E-state index in [0.717, 1.165) is 16.7 Å². The zero-order valence-corrected chi connectivity index (χ0v) is 17.8. The minimum Gasteiger partial charge on any atom is -0.496 e. The van der Waals surface area contributed by atoms with Crippen LogP contribution in [0.15, 0.2) is 72.8 Å². The molecule has 6 heteroatoms. The van der Waals surface area contributed by atoms with Gasteiger partial charge in [0.15, 0.2) is 0 Å². The Labute approximate surface area is 185 Å². The molecule has 1 fully saturated rings. The zero-order chi connectivity index (χ0) is 22.0. The van der Waals surface area contributed by atoms with E-state index in [1.165, 1.54) is 4.90 Å². The molecule has 31 heavy (non-hydrogen) atoms. The van der Waals surface area contributed by atoms with Crippen molar-refractivity contribution in [2.45, 2.75) is 24.9 Å². The summed E-state index contributed by atoms with van der Waals surface area (Å²) in [4.78, 5) is 26.9. The van der Waals surface area contributed by atoms with E-state index in [-0.39, 0.29) is 11.9 Å². The van der Waals surface area contributed by atoms with E-state index in [1.807, 2.05) is 48.5 Å². The number of nitrogens with zero attached hydrogens (tertiary/aromatic N) is 1. The number of hydrogen-bond acceptors (Lipinski definition) is 3. The number of carboxylic acid groups (broad SMARTS) is 1. The lowest BCUT2D eigenvalue weighted by Crippen LogP contribution is -2.41. The van der Waals surface area contributed by atoms with Gasteiger partial charge in [0.1, 0.15) is 11.8 Å². The summed E-state index contributed by atoms with van der Waals surface area (Å²) in [6.07, 6.45) is 0.969. The summed E-state index contributed by atoms with van der Waals surface area (Å²) < 4.78 is 5.55. The van der Waals surface area contributed by atoms with Crippen molar-refractivity contribution in [3.63, 3.8) is 0 Å². The fourth-order valence-corrected chi connectivity index (χ4v) is 4.30. The van der Waals surface area contributed by atoms with Gasteiger partial charge in [0, 0.05) is 16.1 Å². The number of ether oxygens (including phenoxy) is 1. The summed E-state index contributed by atoms with van der Waals surface area (Å²) in [6.45, 7) is 0. The highest BCUT2D eigenvalue weighted by atomic mass is 35.5. The average molecular weight is 436 g/mol. The number of carbonyl (C=O) groups is 2.